The van der Waals surface area contributed by atoms with E-state index in [1.165, 1.54) is 6.26 Å². The smallest absolute Gasteiger partial charge is 0.287 e. The first kappa shape index (κ1) is 16.3. The van der Waals surface area contributed by atoms with Gasteiger partial charge in [-0.2, -0.15) is 0 Å². The molecule has 0 radical (unpaired) electrons. The molecule has 24 heavy (non-hydrogen) atoms. The molecule has 0 bridgehead atoms. The summed E-state index contributed by atoms with van der Waals surface area (Å²) in [6.07, 6.45) is 2.30. The maximum absolute atomic E-state index is 12.3. The Morgan fingerprint density at radius 2 is 2.17 bits per heavy atom. The summed E-state index contributed by atoms with van der Waals surface area (Å²) >= 11 is 0. The molecule has 3 rings (SSSR count). The molecule has 6 heteroatoms. The van der Waals surface area contributed by atoms with Crippen LogP contribution in [0.4, 0.5) is 5.69 Å². The zero-order valence-corrected chi connectivity index (χ0v) is 13.5. The molecule has 1 aliphatic rings. The Balaban J connectivity index is 1.77. The number of anilines is 1. The van der Waals surface area contributed by atoms with E-state index in [4.69, 9.17) is 9.52 Å². The first-order chi connectivity index (χ1) is 11.6. The fourth-order valence-corrected chi connectivity index (χ4v) is 2.87. The normalized spacial score (nSPS) is 14.6. The molecule has 2 aromatic rings. The average Bonchev–Trinajstić information content (AvgIpc) is 3.13. The Bertz CT molecular complexity index is 753. The molecule has 126 valence electrons. The monoisotopic (exact) mass is 328 g/mol. The van der Waals surface area contributed by atoms with Gasteiger partial charge < -0.3 is 19.7 Å². The standard InChI is InChI=1S/C18H20N2O4/c1-12(6-8-21)19-18(23)17-14(7-9-24-17)11-20-15-5-3-2-4-13(15)10-16(20)22/h2-5,7,9,12,21H,6,8,10-11H2,1H3,(H,19,23)/t12-/m1/s1. The molecule has 0 aliphatic carbocycles. The summed E-state index contributed by atoms with van der Waals surface area (Å²) in [7, 11) is 0. The first-order valence-corrected chi connectivity index (χ1v) is 7.96. The number of carbonyl (C=O) groups excluding carboxylic acids is 2. The lowest BCUT2D eigenvalue weighted by Gasteiger charge is -2.18. The zero-order valence-electron chi connectivity index (χ0n) is 13.5. The molecule has 1 aromatic heterocycles. The van der Waals surface area contributed by atoms with E-state index in [0.717, 1.165) is 11.3 Å². The van der Waals surface area contributed by atoms with Crippen LogP contribution in [0.25, 0.3) is 0 Å². The van der Waals surface area contributed by atoms with Gasteiger partial charge in [-0.1, -0.05) is 18.2 Å². The van der Waals surface area contributed by atoms with Crippen LogP contribution in [0.5, 0.6) is 0 Å². The number of aliphatic hydroxyl groups excluding tert-OH is 1. The van der Waals surface area contributed by atoms with Crippen LogP contribution in [-0.4, -0.2) is 29.6 Å². The predicted octanol–water partition coefficient (Wildman–Crippen LogP) is 1.87. The highest BCUT2D eigenvalue weighted by atomic mass is 16.3. The Hall–Kier alpha value is -2.60. The number of carbonyl (C=O) groups is 2. The van der Waals surface area contributed by atoms with Crippen LogP contribution in [-0.2, 0) is 17.8 Å². The molecule has 0 fully saturated rings. The van der Waals surface area contributed by atoms with Gasteiger partial charge in [0.25, 0.3) is 5.91 Å². The number of hydrogen-bond acceptors (Lipinski definition) is 4. The van der Waals surface area contributed by atoms with E-state index in [1.54, 1.807) is 11.0 Å². The molecule has 6 nitrogen and oxygen atoms in total. The molecule has 1 aliphatic heterocycles. The Kier molecular flexibility index (Phi) is 4.66. The van der Waals surface area contributed by atoms with Gasteiger partial charge in [0, 0.05) is 23.9 Å². The number of furan rings is 1. The maximum atomic E-state index is 12.3. The molecule has 0 saturated heterocycles. The van der Waals surface area contributed by atoms with Crippen LogP contribution in [0.3, 0.4) is 0 Å². The molecule has 2 N–H and O–H groups in total. The highest BCUT2D eigenvalue weighted by Crippen LogP contribution is 2.30. The molecule has 1 aromatic carbocycles. The van der Waals surface area contributed by atoms with E-state index >= 15 is 0 Å². The minimum atomic E-state index is -0.337. The number of fused-ring (bicyclic) bond motifs is 1. The number of para-hydroxylation sites is 1. The van der Waals surface area contributed by atoms with Crippen LogP contribution in [0.15, 0.2) is 41.0 Å². The van der Waals surface area contributed by atoms with E-state index in [2.05, 4.69) is 5.32 Å². The average molecular weight is 328 g/mol. The molecule has 1 atom stereocenters. The summed E-state index contributed by atoms with van der Waals surface area (Å²) in [6.45, 7) is 2.12. The van der Waals surface area contributed by atoms with E-state index in [-0.39, 0.29) is 30.2 Å². The van der Waals surface area contributed by atoms with Crippen molar-refractivity contribution in [3.05, 3.63) is 53.5 Å². The third-order valence-corrected chi connectivity index (χ3v) is 4.15. The second kappa shape index (κ2) is 6.88. The summed E-state index contributed by atoms with van der Waals surface area (Å²) < 4.78 is 5.33. The van der Waals surface area contributed by atoms with Gasteiger partial charge in [0.1, 0.15) is 0 Å². The van der Waals surface area contributed by atoms with Crippen LogP contribution in [0.1, 0.15) is 35.0 Å². The van der Waals surface area contributed by atoms with E-state index in [9.17, 15) is 9.59 Å². The van der Waals surface area contributed by atoms with Crippen LogP contribution in [0, 0.1) is 0 Å². The van der Waals surface area contributed by atoms with E-state index in [1.807, 2.05) is 31.2 Å². The third kappa shape index (κ3) is 3.19. The largest absolute Gasteiger partial charge is 0.459 e. The minimum Gasteiger partial charge on any atom is -0.459 e. The summed E-state index contributed by atoms with van der Waals surface area (Å²) in [6, 6.07) is 9.20. The molecule has 0 unspecified atom stereocenters. The third-order valence-electron chi connectivity index (χ3n) is 4.15. The molecule has 0 saturated carbocycles. The maximum Gasteiger partial charge on any atom is 0.287 e. The highest BCUT2D eigenvalue weighted by molar-refractivity contribution is 6.01. The van der Waals surface area contributed by atoms with Crippen molar-refractivity contribution in [3.63, 3.8) is 0 Å². The molecular weight excluding hydrogens is 308 g/mol. The lowest BCUT2D eigenvalue weighted by atomic mass is 10.1. The van der Waals surface area contributed by atoms with Crippen molar-refractivity contribution in [1.82, 2.24) is 5.32 Å². The van der Waals surface area contributed by atoms with Crippen molar-refractivity contribution in [2.45, 2.75) is 32.4 Å². The van der Waals surface area contributed by atoms with E-state index < -0.39 is 0 Å². The topological polar surface area (TPSA) is 82.8 Å². The van der Waals surface area contributed by atoms with Gasteiger partial charge >= 0.3 is 0 Å². The molecule has 2 heterocycles. The van der Waals surface area contributed by atoms with Crippen molar-refractivity contribution >= 4 is 17.5 Å². The van der Waals surface area contributed by atoms with Crippen molar-refractivity contribution < 1.29 is 19.1 Å². The summed E-state index contributed by atoms with van der Waals surface area (Å²) in [5.41, 5.74) is 2.53. The van der Waals surface area contributed by atoms with Crippen molar-refractivity contribution in [2.75, 3.05) is 11.5 Å². The van der Waals surface area contributed by atoms with Gasteiger partial charge in [-0.25, -0.2) is 0 Å². The fraction of sp³-hybridized carbons (Fsp3) is 0.333. The number of hydrogen-bond donors (Lipinski definition) is 2. The summed E-state index contributed by atoms with van der Waals surface area (Å²) in [4.78, 5) is 26.3. The lowest BCUT2D eigenvalue weighted by molar-refractivity contribution is -0.117. The van der Waals surface area contributed by atoms with Crippen molar-refractivity contribution in [3.8, 4) is 0 Å². The van der Waals surface area contributed by atoms with Crippen LogP contribution in [0.2, 0.25) is 0 Å². The minimum absolute atomic E-state index is 0.00548. The van der Waals surface area contributed by atoms with Gasteiger partial charge in [-0.3, -0.25) is 9.59 Å². The molecule has 0 spiro atoms. The van der Waals surface area contributed by atoms with E-state index in [0.29, 0.717) is 24.9 Å². The van der Waals surface area contributed by atoms with Gasteiger partial charge in [0.2, 0.25) is 5.91 Å². The summed E-state index contributed by atoms with van der Waals surface area (Å²) in [5.74, 6) is -0.120. The number of nitrogens with zero attached hydrogens (tertiary/aromatic N) is 1. The zero-order chi connectivity index (χ0) is 17.1. The highest BCUT2D eigenvalue weighted by Gasteiger charge is 2.28. The second-order valence-corrected chi connectivity index (χ2v) is 5.95. The number of nitrogens with one attached hydrogen (secondary N) is 1. The summed E-state index contributed by atoms with van der Waals surface area (Å²) in [5, 5.41) is 11.7. The second-order valence-electron chi connectivity index (χ2n) is 5.95. The van der Waals surface area contributed by atoms with Gasteiger partial charge in [0.05, 0.1) is 19.2 Å². The number of aliphatic hydroxyl groups is 1. The number of amides is 2. The van der Waals surface area contributed by atoms with Crippen LogP contribution >= 0.6 is 0 Å². The number of benzene rings is 1. The first-order valence-electron chi connectivity index (χ1n) is 7.96. The number of rotatable bonds is 6. The fourth-order valence-electron chi connectivity index (χ4n) is 2.87. The predicted molar refractivity (Wildman–Crippen MR) is 88.7 cm³/mol. The van der Waals surface area contributed by atoms with Gasteiger partial charge in [0.15, 0.2) is 5.76 Å². The molecular formula is C18H20N2O4. The van der Waals surface area contributed by atoms with Crippen molar-refractivity contribution in [2.24, 2.45) is 0 Å². The van der Waals surface area contributed by atoms with Gasteiger partial charge in [-0.15, -0.1) is 0 Å². The van der Waals surface area contributed by atoms with Crippen LogP contribution < -0.4 is 10.2 Å². The lowest BCUT2D eigenvalue weighted by Crippen LogP contribution is -2.34. The Labute approximate surface area is 140 Å². The SMILES string of the molecule is C[C@H](CCO)NC(=O)c1occc1CN1C(=O)Cc2ccccc21. The quantitative estimate of drug-likeness (QED) is 0.848. The van der Waals surface area contributed by atoms with Crippen molar-refractivity contribution in [1.29, 1.82) is 0 Å². The Morgan fingerprint density at radius 3 is 2.96 bits per heavy atom. The molecule has 2 amide bonds. The Morgan fingerprint density at radius 1 is 1.38 bits per heavy atom. The van der Waals surface area contributed by atoms with Gasteiger partial charge in [-0.05, 0) is 31.0 Å².